The molecule has 0 aliphatic heterocycles. The lowest BCUT2D eigenvalue weighted by Gasteiger charge is -1.87. The molecule has 0 saturated carbocycles. The SMILES string of the molecule is N=CCC(=O)CC(=O)O. The first kappa shape index (κ1) is 7.81. The highest BCUT2D eigenvalue weighted by Gasteiger charge is 2.04. The normalized spacial score (nSPS) is 8.44. The lowest BCUT2D eigenvalue weighted by atomic mass is 10.2. The van der Waals surface area contributed by atoms with Crippen LogP contribution in [0.1, 0.15) is 12.8 Å². The number of ketones is 1. The Morgan fingerprint density at radius 3 is 2.44 bits per heavy atom. The van der Waals surface area contributed by atoms with Gasteiger partial charge in [-0.25, -0.2) is 0 Å². The Balaban J connectivity index is 3.50. The zero-order valence-corrected chi connectivity index (χ0v) is 4.76. The quantitative estimate of drug-likeness (QED) is 0.416. The number of carboxylic acids is 1. The van der Waals surface area contributed by atoms with E-state index in [1.807, 2.05) is 0 Å². The molecule has 0 saturated heterocycles. The van der Waals surface area contributed by atoms with Gasteiger partial charge in [0.2, 0.25) is 0 Å². The maximum Gasteiger partial charge on any atom is 0.310 e. The van der Waals surface area contributed by atoms with Gasteiger partial charge >= 0.3 is 5.97 Å². The predicted octanol–water partition coefficient (Wildman–Crippen LogP) is 0.0699. The summed E-state index contributed by atoms with van der Waals surface area (Å²) in [6.07, 6.45) is 0.340. The highest BCUT2D eigenvalue weighted by Crippen LogP contribution is 1.85. The van der Waals surface area contributed by atoms with Crippen LogP contribution in [0.5, 0.6) is 0 Å². The number of carboxylic acid groups (broad SMARTS) is 1. The van der Waals surface area contributed by atoms with Crippen molar-refractivity contribution < 1.29 is 14.7 Å². The molecule has 0 heterocycles. The molecule has 50 valence electrons. The minimum atomic E-state index is -1.14. The third-order valence-electron chi connectivity index (χ3n) is 0.678. The van der Waals surface area contributed by atoms with Crippen molar-refractivity contribution >= 4 is 18.0 Å². The summed E-state index contributed by atoms with van der Waals surface area (Å²) in [4.78, 5) is 20.1. The van der Waals surface area contributed by atoms with E-state index in [-0.39, 0.29) is 6.42 Å². The second-order valence-electron chi connectivity index (χ2n) is 1.52. The molecule has 0 atom stereocenters. The molecule has 0 unspecified atom stereocenters. The van der Waals surface area contributed by atoms with E-state index in [1.54, 1.807) is 0 Å². The highest BCUT2D eigenvalue weighted by atomic mass is 16.4. The van der Waals surface area contributed by atoms with Gasteiger partial charge in [-0.05, 0) is 0 Å². The molecule has 9 heavy (non-hydrogen) atoms. The molecule has 0 spiro atoms. The minimum Gasteiger partial charge on any atom is -0.481 e. The van der Waals surface area contributed by atoms with Crippen LogP contribution in [-0.2, 0) is 9.59 Å². The average Bonchev–Trinajstić information content (AvgIpc) is 1.63. The van der Waals surface area contributed by atoms with E-state index in [1.165, 1.54) is 0 Å². The zero-order valence-electron chi connectivity index (χ0n) is 4.76. The van der Waals surface area contributed by atoms with Gasteiger partial charge in [-0.1, -0.05) is 0 Å². The third kappa shape index (κ3) is 4.67. The third-order valence-corrected chi connectivity index (χ3v) is 0.678. The summed E-state index contributed by atoms with van der Waals surface area (Å²) in [5.74, 6) is -1.57. The van der Waals surface area contributed by atoms with E-state index >= 15 is 0 Å². The van der Waals surface area contributed by atoms with Crippen molar-refractivity contribution in [2.45, 2.75) is 12.8 Å². The van der Waals surface area contributed by atoms with Gasteiger partial charge in [0.05, 0.1) is 0 Å². The molecule has 4 heteroatoms. The van der Waals surface area contributed by atoms with Crippen LogP contribution in [0.2, 0.25) is 0 Å². The molecular weight excluding hydrogens is 122 g/mol. The fraction of sp³-hybridized carbons (Fsp3) is 0.400. The number of Topliss-reactive ketones (excluding diaryl/α,β-unsaturated/α-hetero) is 1. The lowest BCUT2D eigenvalue weighted by Crippen LogP contribution is -2.06. The molecule has 0 aromatic carbocycles. The summed E-state index contributed by atoms with van der Waals surface area (Å²) in [5, 5.41) is 14.5. The number of aliphatic carboxylic acids is 1. The van der Waals surface area contributed by atoms with Crippen molar-refractivity contribution in [3.8, 4) is 0 Å². The number of carbonyl (C=O) groups is 2. The standard InChI is InChI=1S/C5H7NO3/c6-2-1-4(7)3-5(8)9/h2,6H,1,3H2,(H,8,9). The molecule has 0 bridgehead atoms. The molecule has 0 aliphatic carbocycles. The van der Waals surface area contributed by atoms with E-state index in [0.717, 1.165) is 6.21 Å². The summed E-state index contributed by atoms with van der Waals surface area (Å²) < 4.78 is 0. The van der Waals surface area contributed by atoms with Gasteiger partial charge < -0.3 is 10.5 Å². The predicted molar refractivity (Wildman–Crippen MR) is 30.7 cm³/mol. The number of hydrogen-bond acceptors (Lipinski definition) is 3. The summed E-state index contributed by atoms with van der Waals surface area (Å²) in [6, 6.07) is 0. The number of rotatable bonds is 4. The van der Waals surface area contributed by atoms with Crippen molar-refractivity contribution in [3.63, 3.8) is 0 Å². The molecule has 0 aromatic heterocycles. The van der Waals surface area contributed by atoms with Crippen LogP contribution >= 0.6 is 0 Å². The first-order chi connectivity index (χ1) is 4.16. The van der Waals surface area contributed by atoms with Crippen LogP contribution in [-0.4, -0.2) is 23.1 Å². The summed E-state index contributed by atoms with van der Waals surface area (Å²) in [5.41, 5.74) is 0. The van der Waals surface area contributed by atoms with E-state index in [2.05, 4.69) is 0 Å². The molecule has 4 nitrogen and oxygen atoms in total. The Hall–Kier alpha value is -1.19. The van der Waals surface area contributed by atoms with Crippen LogP contribution in [0.4, 0.5) is 0 Å². The van der Waals surface area contributed by atoms with Crippen molar-refractivity contribution in [2.75, 3.05) is 0 Å². The molecule has 0 aliphatic rings. The van der Waals surface area contributed by atoms with Crippen molar-refractivity contribution in [2.24, 2.45) is 0 Å². The monoisotopic (exact) mass is 129 g/mol. The molecular formula is C5H7NO3. The van der Waals surface area contributed by atoms with Gasteiger partial charge in [-0.3, -0.25) is 9.59 Å². The van der Waals surface area contributed by atoms with Gasteiger partial charge in [0.15, 0.2) is 0 Å². The Morgan fingerprint density at radius 2 is 2.11 bits per heavy atom. The number of hydrogen-bond donors (Lipinski definition) is 2. The van der Waals surface area contributed by atoms with Crippen LogP contribution < -0.4 is 0 Å². The largest absolute Gasteiger partial charge is 0.481 e. The van der Waals surface area contributed by atoms with Gasteiger partial charge in [-0.2, -0.15) is 0 Å². The van der Waals surface area contributed by atoms with E-state index in [4.69, 9.17) is 10.5 Å². The van der Waals surface area contributed by atoms with Crippen LogP contribution in [0.3, 0.4) is 0 Å². The summed E-state index contributed by atoms with van der Waals surface area (Å²) in [7, 11) is 0. The second kappa shape index (κ2) is 3.77. The number of nitrogens with one attached hydrogen (secondary N) is 1. The van der Waals surface area contributed by atoms with E-state index < -0.39 is 18.2 Å². The first-order valence-electron chi connectivity index (χ1n) is 2.39. The minimum absolute atomic E-state index is 0.0771. The maximum absolute atomic E-state index is 10.3. The number of carbonyl (C=O) groups excluding carboxylic acids is 1. The van der Waals surface area contributed by atoms with Crippen LogP contribution in [0.25, 0.3) is 0 Å². The Bertz CT molecular complexity index is 141. The molecule has 2 N–H and O–H groups in total. The van der Waals surface area contributed by atoms with E-state index in [0.29, 0.717) is 0 Å². The smallest absolute Gasteiger partial charge is 0.310 e. The first-order valence-corrected chi connectivity index (χ1v) is 2.39. The lowest BCUT2D eigenvalue weighted by molar-refractivity contribution is -0.139. The second-order valence-corrected chi connectivity index (χ2v) is 1.52. The van der Waals surface area contributed by atoms with Gasteiger partial charge in [0, 0.05) is 12.6 Å². The maximum atomic E-state index is 10.3. The van der Waals surface area contributed by atoms with Gasteiger partial charge in [0.1, 0.15) is 12.2 Å². The Morgan fingerprint density at radius 1 is 1.56 bits per heavy atom. The average molecular weight is 129 g/mol. The fourth-order valence-corrected chi connectivity index (χ4v) is 0.355. The molecule has 0 fully saturated rings. The van der Waals surface area contributed by atoms with Gasteiger partial charge in [0.25, 0.3) is 0 Å². The summed E-state index contributed by atoms with van der Waals surface area (Å²) in [6.45, 7) is 0. The Labute approximate surface area is 52.0 Å². The topological polar surface area (TPSA) is 78.2 Å². The van der Waals surface area contributed by atoms with Gasteiger partial charge in [-0.15, -0.1) is 0 Å². The Kier molecular flexibility index (Phi) is 3.27. The summed E-state index contributed by atoms with van der Waals surface area (Å²) >= 11 is 0. The van der Waals surface area contributed by atoms with Crippen LogP contribution in [0.15, 0.2) is 0 Å². The van der Waals surface area contributed by atoms with E-state index in [9.17, 15) is 9.59 Å². The molecule has 0 amide bonds. The van der Waals surface area contributed by atoms with Crippen molar-refractivity contribution in [1.82, 2.24) is 0 Å². The van der Waals surface area contributed by atoms with Crippen LogP contribution in [0, 0.1) is 5.41 Å². The fourth-order valence-electron chi connectivity index (χ4n) is 0.355. The highest BCUT2D eigenvalue weighted by molar-refractivity contribution is 6.00. The van der Waals surface area contributed by atoms with Crippen molar-refractivity contribution in [1.29, 1.82) is 5.41 Å². The van der Waals surface area contributed by atoms with Crippen molar-refractivity contribution in [3.05, 3.63) is 0 Å². The molecule has 0 radical (unpaired) electrons. The zero-order chi connectivity index (χ0) is 7.28. The molecule has 0 aromatic rings. The molecule has 0 rings (SSSR count).